The van der Waals surface area contributed by atoms with Crippen molar-refractivity contribution < 1.29 is 27.5 Å². The first kappa shape index (κ1) is 21.7. The molecule has 1 aromatic rings. The Morgan fingerprint density at radius 1 is 1.29 bits per heavy atom. The predicted octanol–water partition coefficient (Wildman–Crippen LogP) is 1.15. The molecule has 1 aliphatic rings. The Morgan fingerprint density at radius 3 is 2.61 bits per heavy atom. The van der Waals surface area contributed by atoms with E-state index in [0.29, 0.717) is 13.0 Å². The highest BCUT2D eigenvalue weighted by Crippen LogP contribution is 2.19. The van der Waals surface area contributed by atoms with Gasteiger partial charge in [0.25, 0.3) is 5.91 Å². The zero-order chi connectivity index (χ0) is 20.7. The molecule has 1 saturated heterocycles. The Hall–Kier alpha value is -2.60. The number of ether oxygens (including phenoxy) is 2. The first-order chi connectivity index (χ1) is 13.2. The Morgan fingerprint density at radius 2 is 2.00 bits per heavy atom. The summed E-state index contributed by atoms with van der Waals surface area (Å²) in [6.07, 6.45) is 0.392. The number of benzene rings is 1. The average Bonchev–Trinajstić information content (AvgIpc) is 3.02. The highest BCUT2D eigenvalue weighted by Gasteiger charge is 2.35. The van der Waals surface area contributed by atoms with Gasteiger partial charge in [-0.2, -0.15) is 5.26 Å². The fourth-order valence-corrected chi connectivity index (χ4v) is 4.69. The molecular weight excluding hydrogens is 384 g/mol. The maximum absolute atomic E-state index is 12.5. The van der Waals surface area contributed by atoms with Crippen LogP contribution in [0.4, 0.5) is 0 Å². The third-order valence-electron chi connectivity index (χ3n) is 4.24. The lowest BCUT2D eigenvalue weighted by atomic mass is 10.1. The van der Waals surface area contributed by atoms with E-state index in [1.165, 1.54) is 4.90 Å². The standard InChI is InChI=1S/C19H24N2O6S/c1-14(2)10-21(16-7-8-28(24,25)13-16)18(22)11-27-19(23)12-26-17-6-4-3-5-15(17)9-20/h3-6,14,16H,7-8,10-13H2,1-2H3. The number of amides is 1. The zero-order valence-corrected chi connectivity index (χ0v) is 16.8. The van der Waals surface area contributed by atoms with Crippen molar-refractivity contribution in [3.05, 3.63) is 29.8 Å². The van der Waals surface area contributed by atoms with E-state index in [2.05, 4.69) is 0 Å². The van der Waals surface area contributed by atoms with Gasteiger partial charge in [-0.15, -0.1) is 0 Å². The minimum absolute atomic E-state index is 0.0610. The van der Waals surface area contributed by atoms with Crippen LogP contribution in [0.2, 0.25) is 0 Å². The molecule has 1 aliphatic heterocycles. The number of sulfone groups is 1. The first-order valence-electron chi connectivity index (χ1n) is 8.99. The van der Waals surface area contributed by atoms with Gasteiger partial charge in [-0.3, -0.25) is 4.79 Å². The van der Waals surface area contributed by atoms with E-state index in [0.717, 1.165) is 0 Å². The quantitative estimate of drug-likeness (QED) is 0.593. The van der Waals surface area contributed by atoms with Gasteiger partial charge >= 0.3 is 5.97 Å². The molecule has 1 aromatic carbocycles. The van der Waals surface area contributed by atoms with Crippen LogP contribution in [0.15, 0.2) is 24.3 Å². The fourth-order valence-electron chi connectivity index (χ4n) is 2.96. The molecule has 0 saturated carbocycles. The molecule has 8 nitrogen and oxygen atoms in total. The summed E-state index contributed by atoms with van der Waals surface area (Å²) in [5.41, 5.74) is 0.289. The molecule has 152 valence electrons. The van der Waals surface area contributed by atoms with Gasteiger partial charge in [0.1, 0.15) is 11.8 Å². The van der Waals surface area contributed by atoms with Gasteiger partial charge in [-0.25, -0.2) is 13.2 Å². The highest BCUT2D eigenvalue weighted by atomic mass is 32.2. The lowest BCUT2D eigenvalue weighted by Crippen LogP contribution is -2.45. The van der Waals surface area contributed by atoms with E-state index in [1.807, 2.05) is 19.9 Å². The Labute approximate surface area is 164 Å². The normalized spacial score (nSPS) is 17.7. The summed E-state index contributed by atoms with van der Waals surface area (Å²) in [6.45, 7) is 3.33. The molecular formula is C19H24N2O6S. The molecule has 1 fully saturated rings. The van der Waals surface area contributed by atoms with Crippen LogP contribution < -0.4 is 4.74 Å². The monoisotopic (exact) mass is 408 g/mol. The third kappa shape index (κ3) is 6.23. The van der Waals surface area contributed by atoms with Crippen LogP contribution >= 0.6 is 0 Å². The fraction of sp³-hybridized carbons (Fsp3) is 0.526. The van der Waals surface area contributed by atoms with Crippen LogP contribution in [-0.2, 0) is 24.2 Å². The molecule has 0 aromatic heterocycles. The van der Waals surface area contributed by atoms with Crippen LogP contribution in [0.5, 0.6) is 5.75 Å². The van der Waals surface area contributed by atoms with Gasteiger partial charge in [-0.1, -0.05) is 26.0 Å². The summed E-state index contributed by atoms with van der Waals surface area (Å²) in [5.74, 6) is -0.773. The maximum atomic E-state index is 12.5. The van der Waals surface area contributed by atoms with E-state index in [9.17, 15) is 18.0 Å². The van der Waals surface area contributed by atoms with Crippen molar-refractivity contribution in [2.45, 2.75) is 26.3 Å². The molecule has 9 heteroatoms. The number of hydrogen-bond acceptors (Lipinski definition) is 7. The topological polar surface area (TPSA) is 114 Å². The lowest BCUT2D eigenvalue weighted by molar-refractivity contribution is -0.154. The SMILES string of the molecule is CC(C)CN(C(=O)COC(=O)COc1ccccc1C#N)C1CCS(=O)(=O)C1. The zero-order valence-electron chi connectivity index (χ0n) is 16.0. The van der Waals surface area contributed by atoms with E-state index in [4.69, 9.17) is 14.7 Å². The summed E-state index contributed by atoms with van der Waals surface area (Å²) >= 11 is 0. The summed E-state index contributed by atoms with van der Waals surface area (Å²) < 4.78 is 33.7. The third-order valence-corrected chi connectivity index (χ3v) is 5.99. The summed E-state index contributed by atoms with van der Waals surface area (Å²) in [5, 5.41) is 8.99. The molecule has 2 rings (SSSR count). The van der Waals surface area contributed by atoms with Crippen LogP contribution in [-0.4, -0.2) is 62.5 Å². The Balaban J connectivity index is 1.89. The second kappa shape index (κ2) is 9.55. The van der Waals surface area contributed by atoms with Crippen molar-refractivity contribution in [2.75, 3.05) is 31.3 Å². The number of hydrogen-bond donors (Lipinski definition) is 0. The van der Waals surface area contributed by atoms with E-state index in [1.54, 1.807) is 24.3 Å². The molecule has 0 radical (unpaired) electrons. The van der Waals surface area contributed by atoms with Crippen molar-refractivity contribution >= 4 is 21.7 Å². The number of nitriles is 1. The van der Waals surface area contributed by atoms with E-state index < -0.39 is 41.0 Å². The van der Waals surface area contributed by atoms with Gasteiger partial charge < -0.3 is 14.4 Å². The van der Waals surface area contributed by atoms with Crippen molar-refractivity contribution in [3.8, 4) is 11.8 Å². The molecule has 1 amide bonds. The van der Waals surface area contributed by atoms with Crippen LogP contribution in [0.3, 0.4) is 0 Å². The van der Waals surface area contributed by atoms with Gasteiger partial charge in [0.15, 0.2) is 23.1 Å². The Bertz CT molecular complexity index is 859. The number of rotatable bonds is 8. The second-order valence-corrected chi connectivity index (χ2v) is 9.28. The molecule has 0 spiro atoms. The van der Waals surface area contributed by atoms with Crippen molar-refractivity contribution in [2.24, 2.45) is 5.92 Å². The summed E-state index contributed by atoms with van der Waals surface area (Å²) in [4.78, 5) is 25.9. The van der Waals surface area contributed by atoms with Crippen LogP contribution in [0.1, 0.15) is 25.8 Å². The predicted molar refractivity (Wildman–Crippen MR) is 101 cm³/mol. The minimum Gasteiger partial charge on any atom is -0.481 e. The number of nitrogens with zero attached hydrogens (tertiary/aromatic N) is 2. The number of carbonyl (C=O) groups excluding carboxylic acids is 2. The highest BCUT2D eigenvalue weighted by molar-refractivity contribution is 7.91. The smallest absolute Gasteiger partial charge is 0.344 e. The van der Waals surface area contributed by atoms with Crippen LogP contribution in [0, 0.1) is 17.2 Å². The number of esters is 1. The van der Waals surface area contributed by atoms with Gasteiger partial charge in [0.2, 0.25) is 0 Å². The number of para-hydroxylation sites is 1. The number of carbonyl (C=O) groups is 2. The molecule has 1 atom stereocenters. The van der Waals surface area contributed by atoms with Gasteiger partial charge in [-0.05, 0) is 24.5 Å². The summed E-state index contributed by atoms with van der Waals surface area (Å²) in [7, 11) is -3.13. The maximum Gasteiger partial charge on any atom is 0.344 e. The van der Waals surface area contributed by atoms with Crippen molar-refractivity contribution in [1.29, 1.82) is 5.26 Å². The lowest BCUT2D eigenvalue weighted by Gasteiger charge is -2.29. The largest absolute Gasteiger partial charge is 0.481 e. The van der Waals surface area contributed by atoms with E-state index >= 15 is 0 Å². The molecule has 0 N–H and O–H groups in total. The molecule has 1 unspecified atom stereocenters. The van der Waals surface area contributed by atoms with Crippen LogP contribution in [0.25, 0.3) is 0 Å². The minimum atomic E-state index is -3.13. The molecule has 1 heterocycles. The molecule has 28 heavy (non-hydrogen) atoms. The summed E-state index contributed by atoms with van der Waals surface area (Å²) in [6, 6.07) is 8.03. The van der Waals surface area contributed by atoms with Crippen molar-refractivity contribution in [3.63, 3.8) is 0 Å². The molecule has 0 bridgehead atoms. The Kier molecular flexibility index (Phi) is 7.40. The van der Waals surface area contributed by atoms with Gasteiger partial charge in [0, 0.05) is 12.6 Å². The molecule has 0 aliphatic carbocycles. The van der Waals surface area contributed by atoms with E-state index in [-0.39, 0.29) is 28.7 Å². The first-order valence-corrected chi connectivity index (χ1v) is 10.8. The average molecular weight is 408 g/mol. The van der Waals surface area contributed by atoms with Gasteiger partial charge in [0.05, 0.1) is 17.1 Å². The second-order valence-electron chi connectivity index (χ2n) is 7.05. The van der Waals surface area contributed by atoms with Crippen molar-refractivity contribution in [1.82, 2.24) is 4.90 Å².